The van der Waals surface area contributed by atoms with Crippen LogP contribution in [0.1, 0.15) is 31.2 Å². The number of nitrogens with zero attached hydrogens (tertiary/aromatic N) is 1. The molecule has 1 heterocycles. The van der Waals surface area contributed by atoms with Gasteiger partial charge in [0.25, 0.3) is 0 Å². The third kappa shape index (κ3) is 3.17. The normalized spacial score (nSPS) is 25.0. The van der Waals surface area contributed by atoms with Crippen LogP contribution < -0.4 is 5.32 Å². The maximum Gasteiger partial charge on any atom is 0.410 e. The fourth-order valence-corrected chi connectivity index (χ4v) is 3.18. The van der Waals surface area contributed by atoms with Gasteiger partial charge in [0.1, 0.15) is 13.2 Å². The minimum atomic E-state index is -0.384. The van der Waals surface area contributed by atoms with Gasteiger partial charge >= 0.3 is 6.09 Å². The molecule has 0 bridgehead atoms. The molecule has 0 aromatic heterocycles. The van der Waals surface area contributed by atoms with Crippen LogP contribution in [0.4, 0.5) is 4.79 Å². The molecule has 2 atom stereocenters. The third-order valence-corrected chi connectivity index (χ3v) is 4.23. The molecular weight excluding hydrogens is 268 g/mol. The van der Waals surface area contributed by atoms with Gasteiger partial charge in [0.15, 0.2) is 0 Å². The summed E-state index contributed by atoms with van der Waals surface area (Å²) in [7, 11) is 0. The number of ether oxygens (including phenoxy) is 1. The molecule has 0 radical (unpaired) electrons. The van der Waals surface area contributed by atoms with Crippen LogP contribution in [0, 0.1) is 0 Å². The number of piperazine rings is 1. The summed E-state index contributed by atoms with van der Waals surface area (Å²) in [6, 6.07) is 9.75. The van der Waals surface area contributed by atoms with Crippen LogP contribution in [0.25, 0.3) is 0 Å². The fourth-order valence-electron chi connectivity index (χ4n) is 3.18. The molecule has 0 unspecified atom stereocenters. The lowest BCUT2D eigenvalue weighted by Crippen LogP contribution is -2.62. The van der Waals surface area contributed by atoms with E-state index in [1.54, 1.807) is 4.90 Å². The molecule has 3 rings (SSSR count). The third-order valence-electron chi connectivity index (χ3n) is 4.23. The Hall–Kier alpha value is -2.04. The van der Waals surface area contributed by atoms with Crippen LogP contribution >= 0.6 is 0 Å². The van der Waals surface area contributed by atoms with Gasteiger partial charge < -0.3 is 10.1 Å². The lowest BCUT2D eigenvalue weighted by Gasteiger charge is -2.43. The van der Waals surface area contributed by atoms with E-state index in [1.807, 2.05) is 30.3 Å². The Balaban J connectivity index is 1.63. The zero-order chi connectivity index (χ0) is 14.7. The number of hydrogen-bond donors (Lipinski definition) is 1. The Morgan fingerprint density at radius 3 is 2.81 bits per heavy atom. The molecule has 1 saturated carbocycles. The standard InChI is InChI=1S/C16H20N2O3/c19-15-10-18(14-9-5-4-8-13(14)17-15)16(20)21-11-12-6-2-1-3-7-12/h1-3,6-7,13-14H,4-5,8-11H2,(H,17,19)/t13-,14+/m0/s1. The molecule has 21 heavy (non-hydrogen) atoms. The van der Waals surface area contributed by atoms with Gasteiger partial charge in [0, 0.05) is 6.04 Å². The predicted molar refractivity (Wildman–Crippen MR) is 77.5 cm³/mol. The molecule has 0 spiro atoms. The van der Waals surface area contributed by atoms with Gasteiger partial charge in [0.2, 0.25) is 5.91 Å². The van der Waals surface area contributed by atoms with E-state index in [4.69, 9.17) is 4.74 Å². The van der Waals surface area contributed by atoms with E-state index in [0.29, 0.717) is 0 Å². The van der Waals surface area contributed by atoms with Gasteiger partial charge in [-0.1, -0.05) is 43.2 Å². The number of amides is 2. The van der Waals surface area contributed by atoms with E-state index in [9.17, 15) is 9.59 Å². The highest BCUT2D eigenvalue weighted by atomic mass is 16.6. The monoisotopic (exact) mass is 288 g/mol. The quantitative estimate of drug-likeness (QED) is 0.906. The number of fused-ring (bicyclic) bond motifs is 1. The molecule has 2 fully saturated rings. The van der Waals surface area contributed by atoms with E-state index in [0.717, 1.165) is 31.2 Å². The average Bonchev–Trinajstić information content (AvgIpc) is 2.52. The molecular formula is C16H20N2O3. The minimum absolute atomic E-state index is 0.0831. The Morgan fingerprint density at radius 2 is 2.00 bits per heavy atom. The zero-order valence-corrected chi connectivity index (χ0v) is 12.0. The Bertz CT molecular complexity index is 518. The lowest BCUT2D eigenvalue weighted by atomic mass is 9.88. The van der Waals surface area contributed by atoms with Crippen molar-refractivity contribution in [2.24, 2.45) is 0 Å². The van der Waals surface area contributed by atoms with Crippen molar-refractivity contribution in [1.82, 2.24) is 10.2 Å². The molecule has 5 nitrogen and oxygen atoms in total. The van der Waals surface area contributed by atoms with Crippen LogP contribution in [0.2, 0.25) is 0 Å². The first-order valence-corrected chi connectivity index (χ1v) is 7.51. The molecule has 2 amide bonds. The summed E-state index contributed by atoms with van der Waals surface area (Å²) in [5.41, 5.74) is 0.951. The molecule has 1 N–H and O–H groups in total. The number of rotatable bonds is 2. The topological polar surface area (TPSA) is 58.6 Å². The van der Waals surface area contributed by atoms with E-state index < -0.39 is 0 Å². The average molecular weight is 288 g/mol. The summed E-state index contributed by atoms with van der Waals surface area (Å²) in [6.07, 6.45) is 3.70. The Labute approximate surface area is 124 Å². The maximum absolute atomic E-state index is 12.3. The van der Waals surface area contributed by atoms with Crippen molar-refractivity contribution >= 4 is 12.0 Å². The lowest BCUT2D eigenvalue weighted by molar-refractivity contribution is -0.127. The van der Waals surface area contributed by atoms with Crippen LogP contribution in [0.15, 0.2) is 30.3 Å². The van der Waals surface area contributed by atoms with E-state index in [1.165, 1.54) is 0 Å². The molecule has 1 aliphatic heterocycles. The van der Waals surface area contributed by atoms with Crippen molar-refractivity contribution < 1.29 is 14.3 Å². The van der Waals surface area contributed by atoms with Crippen molar-refractivity contribution in [3.8, 4) is 0 Å². The largest absolute Gasteiger partial charge is 0.445 e. The fraction of sp³-hybridized carbons (Fsp3) is 0.500. The SMILES string of the molecule is O=C1CN(C(=O)OCc2ccccc2)[C@@H]2CCCC[C@@H]2N1. The number of carbonyl (C=O) groups is 2. The van der Waals surface area contributed by atoms with Gasteiger partial charge in [-0.05, 0) is 18.4 Å². The van der Waals surface area contributed by atoms with Gasteiger partial charge in [-0.2, -0.15) is 0 Å². The van der Waals surface area contributed by atoms with Crippen molar-refractivity contribution in [1.29, 1.82) is 0 Å². The number of hydrogen-bond acceptors (Lipinski definition) is 3. The highest BCUT2D eigenvalue weighted by molar-refractivity contribution is 5.84. The molecule has 5 heteroatoms. The first-order chi connectivity index (χ1) is 10.2. The molecule has 2 aliphatic rings. The summed E-state index contributed by atoms with van der Waals surface area (Å²) >= 11 is 0. The highest BCUT2D eigenvalue weighted by Crippen LogP contribution is 2.26. The summed E-state index contributed by atoms with van der Waals surface area (Å²) in [5, 5.41) is 2.99. The van der Waals surface area contributed by atoms with Crippen LogP contribution in [-0.4, -0.2) is 35.5 Å². The van der Waals surface area contributed by atoms with E-state index >= 15 is 0 Å². The van der Waals surface area contributed by atoms with Crippen molar-refractivity contribution in [3.05, 3.63) is 35.9 Å². The van der Waals surface area contributed by atoms with Crippen LogP contribution in [-0.2, 0) is 16.1 Å². The van der Waals surface area contributed by atoms with Crippen molar-refractivity contribution in [2.45, 2.75) is 44.4 Å². The van der Waals surface area contributed by atoms with E-state index in [2.05, 4.69) is 5.32 Å². The van der Waals surface area contributed by atoms with Crippen molar-refractivity contribution in [2.75, 3.05) is 6.54 Å². The number of benzene rings is 1. The van der Waals surface area contributed by atoms with Gasteiger partial charge in [-0.25, -0.2) is 4.79 Å². The maximum atomic E-state index is 12.3. The van der Waals surface area contributed by atoms with E-state index in [-0.39, 0.29) is 37.2 Å². The first-order valence-electron chi connectivity index (χ1n) is 7.51. The number of nitrogens with one attached hydrogen (secondary N) is 1. The zero-order valence-electron chi connectivity index (χ0n) is 12.0. The molecule has 1 saturated heterocycles. The van der Waals surface area contributed by atoms with Crippen molar-refractivity contribution in [3.63, 3.8) is 0 Å². The summed E-state index contributed by atoms with van der Waals surface area (Å²) in [4.78, 5) is 25.6. The Morgan fingerprint density at radius 1 is 1.24 bits per heavy atom. The molecule has 112 valence electrons. The van der Waals surface area contributed by atoms with Gasteiger partial charge in [-0.3, -0.25) is 9.69 Å². The highest BCUT2D eigenvalue weighted by Gasteiger charge is 2.39. The molecule has 1 aromatic rings. The first kappa shape index (κ1) is 13.9. The predicted octanol–water partition coefficient (Wildman–Crippen LogP) is 2.07. The smallest absolute Gasteiger partial charge is 0.410 e. The molecule has 1 aliphatic carbocycles. The molecule has 1 aromatic carbocycles. The summed E-state index contributed by atoms with van der Waals surface area (Å²) in [6.45, 7) is 0.351. The second-order valence-corrected chi connectivity index (χ2v) is 5.69. The summed E-state index contributed by atoms with van der Waals surface area (Å²) < 4.78 is 5.37. The minimum Gasteiger partial charge on any atom is -0.445 e. The van der Waals surface area contributed by atoms with Crippen LogP contribution in [0.5, 0.6) is 0 Å². The number of carbonyl (C=O) groups excluding carboxylic acids is 2. The van der Waals surface area contributed by atoms with Crippen LogP contribution in [0.3, 0.4) is 0 Å². The Kier molecular flexibility index (Phi) is 4.08. The summed E-state index contributed by atoms with van der Waals surface area (Å²) in [5.74, 6) is -0.0881. The van der Waals surface area contributed by atoms with Gasteiger partial charge in [0.05, 0.1) is 6.04 Å². The second-order valence-electron chi connectivity index (χ2n) is 5.69. The van der Waals surface area contributed by atoms with Gasteiger partial charge in [-0.15, -0.1) is 0 Å². The second kappa shape index (κ2) is 6.16.